The second kappa shape index (κ2) is 9.82. The molecule has 0 unspecified atom stereocenters. The minimum absolute atomic E-state index is 0.0580. The van der Waals surface area contributed by atoms with Gasteiger partial charge in [0.15, 0.2) is 0 Å². The molecule has 2 aliphatic rings. The first-order valence-corrected chi connectivity index (χ1v) is 10.7. The zero-order chi connectivity index (χ0) is 20.0. The van der Waals surface area contributed by atoms with Gasteiger partial charge in [-0.3, -0.25) is 14.5 Å². The Morgan fingerprint density at radius 3 is 2.54 bits per heavy atom. The molecule has 1 saturated heterocycles. The topological polar surface area (TPSA) is 93.7 Å². The molecule has 1 aliphatic carbocycles. The van der Waals surface area contributed by atoms with E-state index in [9.17, 15) is 14.7 Å². The molecule has 154 valence electrons. The molecular formula is C20H29BrN4O3. The van der Waals surface area contributed by atoms with Crippen LogP contribution in [0.3, 0.4) is 0 Å². The number of hydrogen-bond donors (Lipinski definition) is 4. The Kier molecular flexibility index (Phi) is 7.45. The van der Waals surface area contributed by atoms with Gasteiger partial charge < -0.3 is 21.1 Å². The van der Waals surface area contributed by atoms with Gasteiger partial charge in [-0.2, -0.15) is 0 Å². The first-order valence-electron chi connectivity index (χ1n) is 9.89. The highest BCUT2D eigenvalue weighted by Crippen LogP contribution is 2.30. The zero-order valence-electron chi connectivity index (χ0n) is 16.0. The van der Waals surface area contributed by atoms with Crippen LogP contribution in [0.1, 0.15) is 25.7 Å². The van der Waals surface area contributed by atoms with Crippen LogP contribution in [0.5, 0.6) is 0 Å². The Labute approximate surface area is 174 Å². The van der Waals surface area contributed by atoms with Crippen molar-refractivity contribution >= 4 is 33.4 Å². The van der Waals surface area contributed by atoms with Crippen molar-refractivity contribution in [1.82, 2.24) is 15.5 Å². The molecule has 7 nitrogen and oxygen atoms in total. The van der Waals surface area contributed by atoms with Crippen LogP contribution in [0, 0.1) is 5.92 Å². The lowest BCUT2D eigenvalue weighted by Crippen LogP contribution is -2.57. The van der Waals surface area contributed by atoms with E-state index in [0.29, 0.717) is 5.69 Å². The van der Waals surface area contributed by atoms with Gasteiger partial charge in [0.05, 0.1) is 25.4 Å². The Hall–Kier alpha value is -1.48. The summed E-state index contributed by atoms with van der Waals surface area (Å²) in [5, 5.41) is 18.8. The summed E-state index contributed by atoms with van der Waals surface area (Å²) in [6, 6.07) is 7.34. The van der Waals surface area contributed by atoms with Crippen molar-refractivity contribution in [2.75, 3.05) is 44.6 Å². The van der Waals surface area contributed by atoms with Crippen LogP contribution < -0.4 is 16.0 Å². The van der Waals surface area contributed by atoms with E-state index < -0.39 is 0 Å². The zero-order valence-corrected chi connectivity index (χ0v) is 17.6. The number of aliphatic hydroxyl groups is 1. The summed E-state index contributed by atoms with van der Waals surface area (Å²) in [5.41, 5.74) is 0.468. The third-order valence-electron chi connectivity index (χ3n) is 5.54. The van der Waals surface area contributed by atoms with Gasteiger partial charge in [-0.15, -0.1) is 0 Å². The van der Waals surface area contributed by atoms with E-state index >= 15 is 0 Å². The van der Waals surface area contributed by atoms with Gasteiger partial charge in [-0.05, 0) is 66.2 Å². The highest BCUT2D eigenvalue weighted by atomic mass is 79.9. The summed E-state index contributed by atoms with van der Waals surface area (Å²) in [7, 11) is 0. The van der Waals surface area contributed by atoms with E-state index in [0.717, 1.165) is 42.9 Å². The predicted octanol–water partition coefficient (Wildman–Crippen LogP) is 1.33. The number of para-hydroxylation sites is 1. The maximum absolute atomic E-state index is 12.2. The molecule has 0 bridgehead atoms. The molecule has 0 atom stereocenters. The van der Waals surface area contributed by atoms with E-state index in [1.54, 1.807) is 6.07 Å². The van der Waals surface area contributed by atoms with Crippen molar-refractivity contribution in [3.05, 3.63) is 28.7 Å². The van der Waals surface area contributed by atoms with Crippen molar-refractivity contribution in [3.63, 3.8) is 0 Å². The Bertz CT molecular complexity index is 688. The van der Waals surface area contributed by atoms with Gasteiger partial charge in [0.2, 0.25) is 11.8 Å². The molecular weight excluding hydrogens is 424 g/mol. The summed E-state index contributed by atoms with van der Waals surface area (Å²) in [6.45, 7) is 2.84. The second-order valence-corrected chi connectivity index (χ2v) is 8.70. The fourth-order valence-corrected chi connectivity index (χ4v) is 3.79. The molecule has 2 fully saturated rings. The number of rotatable bonds is 9. The highest BCUT2D eigenvalue weighted by molar-refractivity contribution is 9.10. The number of hydrogen-bond acceptors (Lipinski definition) is 5. The van der Waals surface area contributed by atoms with Crippen LogP contribution in [0.25, 0.3) is 0 Å². The number of halogens is 1. The number of carbonyl (C=O) groups excluding carboxylic acids is 2. The fraction of sp³-hybridized carbons (Fsp3) is 0.600. The Morgan fingerprint density at radius 1 is 1.18 bits per heavy atom. The number of aliphatic hydroxyl groups excluding tert-OH is 1. The third kappa shape index (κ3) is 6.27. The lowest BCUT2D eigenvalue weighted by Gasteiger charge is -2.41. The molecule has 1 aromatic rings. The van der Waals surface area contributed by atoms with Gasteiger partial charge in [-0.25, -0.2) is 0 Å². The van der Waals surface area contributed by atoms with Crippen molar-refractivity contribution in [3.8, 4) is 0 Å². The maximum atomic E-state index is 12.2. The van der Waals surface area contributed by atoms with E-state index in [2.05, 4.69) is 36.8 Å². The summed E-state index contributed by atoms with van der Waals surface area (Å²) in [5.74, 6) is 0.349. The van der Waals surface area contributed by atoms with Crippen LogP contribution in [-0.4, -0.2) is 66.7 Å². The number of piperidine rings is 1. The SMILES string of the molecule is O=C(CN1CCC(CO)(NCC2CC2)CC1)NCC(=O)Nc1ccccc1Br. The molecule has 4 N–H and O–H groups in total. The number of nitrogens with one attached hydrogen (secondary N) is 3. The second-order valence-electron chi connectivity index (χ2n) is 7.84. The summed E-state index contributed by atoms with van der Waals surface area (Å²) in [6.07, 6.45) is 4.23. The molecule has 28 heavy (non-hydrogen) atoms. The van der Waals surface area contributed by atoms with Gasteiger partial charge in [-0.1, -0.05) is 12.1 Å². The Morgan fingerprint density at radius 2 is 1.89 bits per heavy atom. The molecule has 1 aliphatic heterocycles. The average Bonchev–Trinajstić information content (AvgIpc) is 3.53. The molecule has 8 heteroatoms. The number of carbonyl (C=O) groups is 2. The van der Waals surface area contributed by atoms with E-state index in [1.165, 1.54) is 12.8 Å². The monoisotopic (exact) mass is 452 g/mol. The minimum atomic E-state index is -0.262. The first-order chi connectivity index (χ1) is 13.5. The van der Waals surface area contributed by atoms with E-state index in [-0.39, 0.29) is 37.0 Å². The number of anilines is 1. The lowest BCUT2D eigenvalue weighted by molar-refractivity contribution is -0.125. The first kappa shape index (κ1) is 21.2. The molecule has 1 aromatic carbocycles. The summed E-state index contributed by atoms with van der Waals surface area (Å²) >= 11 is 3.38. The number of benzene rings is 1. The molecule has 1 heterocycles. The number of nitrogens with zero attached hydrogens (tertiary/aromatic N) is 1. The molecule has 0 spiro atoms. The highest BCUT2D eigenvalue weighted by Gasteiger charge is 2.35. The quantitative estimate of drug-likeness (QED) is 0.453. The predicted molar refractivity (Wildman–Crippen MR) is 112 cm³/mol. The molecule has 2 amide bonds. The van der Waals surface area contributed by atoms with Crippen molar-refractivity contribution < 1.29 is 14.7 Å². The molecule has 0 aromatic heterocycles. The standard InChI is InChI=1S/C20H29BrN4O3/c21-16-3-1-2-4-17(16)24-18(27)12-22-19(28)13-25-9-7-20(14-26,8-10-25)23-11-15-5-6-15/h1-4,15,23,26H,5-14H2,(H,22,28)(H,24,27). The van der Waals surface area contributed by atoms with Crippen molar-refractivity contribution in [1.29, 1.82) is 0 Å². The van der Waals surface area contributed by atoms with Crippen LogP contribution in [0.15, 0.2) is 28.7 Å². The van der Waals surface area contributed by atoms with Gasteiger partial charge in [0, 0.05) is 23.1 Å². The normalized spacial score (nSPS) is 19.2. The molecule has 3 rings (SSSR count). The lowest BCUT2D eigenvalue weighted by atomic mass is 9.88. The summed E-state index contributed by atoms with van der Waals surface area (Å²) < 4.78 is 0.797. The van der Waals surface area contributed by atoms with Crippen molar-refractivity contribution in [2.24, 2.45) is 5.92 Å². The number of amides is 2. The van der Waals surface area contributed by atoms with Crippen LogP contribution in [0.2, 0.25) is 0 Å². The Balaban J connectivity index is 1.36. The fourth-order valence-electron chi connectivity index (χ4n) is 3.41. The maximum Gasteiger partial charge on any atom is 0.243 e. The van der Waals surface area contributed by atoms with E-state index in [4.69, 9.17) is 0 Å². The molecule has 0 radical (unpaired) electrons. The van der Waals surface area contributed by atoms with Crippen LogP contribution in [-0.2, 0) is 9.59 Å². The van der Waals surface area contributed by atoms with Gasteiger partial charge >= 0.3 is 0 Å². The molecule has 1 saturated carbocycles. The van der Waals surface area contributed by atoms with Crippen molar-refractivity contribution in [2.45, 2.75) is 31.2 Å². The van der Waals surface area contributed by atoms with Gasteiger partial charge in [0.1, 0.15) is 0 Å². The minimum Gasteiger partial charge on any atom is -0.394 e. The average molecular weight is 453 g/mol. The smallest absolute Gasteiger partial charge is 0.243 e. The number of likely N-dealkylation sites (tertiary alicyclic amines) is 1. The third-order valence-corrected chi connectivity index (χ3v) is 6.23. The van der Waals surface area contributed by atoms with Gasteiger partial charge in [0.25, 0.3) is 0 Å². The largest absolute Gasteiger partial charge is 0.394 e. The van der Waals surface area contributed by atoms with E-state index in [1.807, 2.05) is 18.2 Å². The van der Waals surface area contributed by atoms with Crippen LogP contribution >= 0.6 is 15.9 Å². The summed E-state index contributed by atoms with van der Waals surface area (Å²) in [4.78, 5) is 26.3. The van der Waals surface area contributed by atoms with Crippen LogP contribution in [0.4, 0.5) is 5.69 Å².